The van der Waals surface area contributed by atoms with Crippen LogP contribution >= 0.6 is 11.6 Å². The van der Waals surface area contributed by atoms with Crippen molar-refractivity contribution >= 4 is 23.8 Å². The highest BCUT2D eigenvalue weighted by molar-refractivity contribution is 6.32. The minimum absolute atomic E-state index is 0.0799. The van der Waals surface area contributed by atoms with E-state index in [4.69, 9.17) is 22.1 Å². The van der Waals surface area contributed by atoms with Gasteiger partial charge in [-0.25, -0.2) is 9.66 Å². The molecule has 2 aromatic rings. The molecule has 106 valence electrons. The number of aryl methyl sites for hydroxylation is 1. The predicted molar refractivity (Wildman–Crippen MR) is 78.7 cm³/mol. The van der Waals surface area contributed by atoms with Crippen molar-refractivity contribution in [2.24, 2.45) is 5.10 Å². The Morgan fingerprint density at radius 3 is 2.90 bits per heavy atom. The highest BCUT2D eigenvalue weighted by atomic mass is 35.5. The van der Waals surface area contributed by atoms with Gasteiger partial charge in [-0.3, -0.25) is 0 Å². The van der Waals surface area contributed by atoms with Crippen molar-refractivity contribution in [1.29, 1.82) is 0 Å². The minimum atomic E-state index is -0.0799. The Bertz CT molecular complexity index is 652. The van der Waals surface area contributed by atoms with E-state index in [2.05, 4.69) is 10.1 Å². The zero-order chi connectivity index (χ0) is 14.7. The number of hydrogen-bond acceptors (Lipinski definition) is 5. The number of halogens is 1. The van der Waals surface area contributed by atoms with E-state index in [-0.39, 0.29) is 10.8 Å². The molecule has 1 aromatic carbocycles. The number of nitrogens with zero attached hydrogens (tertiary/aromatic N) is 3. The molecular formula is C13H15ClN4O2. The average molecular weight is 295 g/mol. The summed E-state index contributed by atoms with van der Waals surface area (Å²) in [6.07, 6.45) is 3.27. The number of phenols is 1. The van der Waals surface area contributed by atoms with E-state index in [9.17, 15) is 5.11 Å². The van der Waals surface area contributed by atoms with Crippen LogP contribution < -0.4 is 10.5 Å². The third-order valence-corrected chi connectivity index (χ3v) is 2.80. The first kappa shape index (κ1) is 14.2. The molecule has 0 fully saturated rings. The van der Waals surface area contributed by atoms with E-state index in [0.717, 1.165) is 5.69 Å². The Morgan fingerprint density at radius 2 is 2.30 bits per heavy atom. The Balaban J connectivity index is 2.31. The molecule has 3 N–H and O–H groups in total. The normalized spacial score (nSPS) is 11.2. The number of anilines is 1. The van der Waals surface area contributed by atoms with Gasteiger partial charge in [0.05, 0.1) is 29.7 Å². The van der Waals surface area contributed by atoms with Crippen LogP contribution in [0.3, 0.4) is 0 Å². The summed E-state index contributed by atoms with van der Waals surface area (Å²) in [6, 6.07) is 3.23. The van der Waals surface area contributed by atoms with Gasteiger partial charge in [0.2, 0.25) is 5.95 Å². The summed E-state index contributed by atoms with van der Waals surface area (Å²) >= 11 is 5.94. The zero-order valence-corrected chi connectivity index (χ0v) is 11.9. The van der Waals surface area contributed by atoms with Crippen LogP contribution in [-0.4, -0.2) is 27.6 Å². The molecular weight excluding hydrogens is 280 g/mol. The van der Waals surface area contributed by atoms with Crippen LogP contribution in [0.25, 0.3) is 0 Å². The number of rotatable bonds is 4. The van der Waals surface area contributed by atoms with Gasteiger partial charge in [-0.1, -0.05) is 11.6 Å². The fourth-order valence-electron chi connectivity index (χ4n) is 1.66. The van der Waals surface area contributed by atoms with Crippen LogP contribution in [0.15, 0.2) is 23.4 Å². The lowest BCUT2D eigenvalue weighted by Gasteiger charge is -2.08. The highest BCUT2D eigenvalue weighted by Gasteiger charge is 2.08. The van der Waals surface area contributed by atoms with Gasteiger partial charge in [-0.05, 0) is 31.5 Å². The number of nitrogen functional groups attached to an aromatic ring is 1. The summed E-state index contributed by atoms with van der Waals surface area (Å²) in [5.41, 5.74) is 7.14. The molecule has 0 saturated carbocycles. The largest absolute Gasteiger partial charge is 0.503 e. The zero-order valence-electron chi connectivity index (χ0n) is 11.2. The molecule has 7 heteroatoms. The van der Waals surface area contributed by atoms with Gasteiger partial charge in [0.15, 0.2) is 11.5 Å². The van der Waals surface area contributed by atoms with E-state index in [1.165, 1.54) is 4.68 Å². The third-order valence-electron chi connectivity index (χ3n) is 2.52. The van der Waals surface area contributed by atoms with Gasteiger partial charge < -0.3 is 15.6 Å². The Morgan fingerprint density at radius 1 is 1.55 bits per heavy atom. The van der Waals surface area contributed by atoms with E-state index < -0.39 is 0 Å². The first-order valence-electron chi connectivity index (χ1n) is 6.02. The first-order valence-corrected chi connectivity index (χ1v) is 6.40. The van der Waals surface area contributed by atoms with E-state index in [0.29, 0.717) is 23.9 Å². The Kier molecular flexibility index (Phi) is 4.14. The number of phenolic OH excluding ortho intramolecular Hbond substituents is 1. The molecule has 6 nitrogen and oxygen atoms in total. The van der Waals surface area contributed by atoms with E-state index in [1.54, 1.807) is 24.5 Å². The molecule has 1 heterocycles. The van der Waals surface area contributed by atoms with Crippen molar-refractivity contribution in [1.82, 2.24) is 9.66 Å². The molecule has 2 rings (SSSR count). The summed E-state index contributed by atoms with van der Waals surface area (Å²) < 4.78 is 6.75. The van der Waals surface area contributed by atoms with Crippen LogP contribution in [0.1, 0.15) is 18.2 Å². The van der Waals surface area contributed by atoms with Gasteiger partial charge in [0.25, 0.3) is 0 Å². The first-order chi connectivity index (χ1) is 9.51. The molecule has 0 saturated heterocycles. The number of ether oxygens (including phenoxy) is 1. The average Bonchev–Trinajstić information content (AvgIpc) is 2.71. The van der Waals surface area contributed by atoms with Crippen LogP contribution in [0.5, 0.6) is 11.5 Å². The molecule has 0 atom stereocenters. The fraction of sp³-hybridized carbons (Fsp3) is 0.231. The summed E-state index contributed by atoms with van der Waals surface area (Å²) in [7, 11) is 0. The molecule has 0 aliphatic rings. The Hall–Kier alpha value is -2.21. The van der Waals surface area contributed by atoms with Crippen LogP contribution in [-0.2, 0) is 0 Å². The highest BCUT2D eigenvalue weighted by Crippen LogP contribution is 2.34. The van der Waals surface area contributed by atoms with E-state index >= 15 is 0 Å². The number of benzene rings is 1. The maximum absolute atomic E-state index is 9.75. The molecule has 0 aliphatic heterocycles. The van der Waals surface area contributed by atoms with Gasteiger partial charge >= 0.3 is 0 Å². The van der Waals surface area contributed by atoms with Crippen molar-refractivity contribution in [2.75, 3.05) is 12.3 Å². The van der Waals surface area contributed by atoms with Crippen molar-refractivity contribution < 1.29 is 9.84 Å². The molecule has 20 heavy (non-hydrogen) atoms. The van der Waals surface area contributed by atoms with Gasteiger partial charge in [-0.15, -0.1) is 0 Å². The number of imidazole rings is 1. The monoisotopic (exact) mass is 294 g/mol. The summed E-state index contributed by atoms with van der Waals surface area (Å²) in [5, 5.41) is 14.1. The summed E-state index contributed by atoms with van der Waals surface area (Å²) in [6.45, 7) is 4.08. The predicted octanol–water partition coefficient (Wildman–Crippen LogP) is 2.41. The van der Waals surface area contributed by atoms with Gasteiger partial charge in [0, 0.05) is 0 Å². The second kappa shape index (κ2) is 5.83. The molecule has 0 unspecified atom stereocenters. The van der Waals surface area contributed by atoms with Crippen molar-refractivity contribution in [2.45, 2.75) is 13.8 Å². The lowest BCUT2D eigenvalue weighted by molar-refractivity contribution is 0.318. The Labute approximate surface area is 121 Å². The molecule has 0 spiro atoms. The third kappa shape index (κ3) is 3.03. The van der Waals surface area contributed by atoms with Gasteiger partial charge in [0.1, 0.15) is 0 Å². The standard InChI is InChI=1S/C13H15ClN4O2/c1-3-20-11-5-9(4-10(14)12(11)19)6-16-18-7-8(2)17-13(18)15/h4-7,19H,3H2,1-2H3,(H2,15,17). The molecule has 1 aromatic heterocycles. The minimum Gasteiger partial charge on any atom is -0.503 e. The molecule has 0 aliphatic carbocycles. The number of aromatic hydroxyl groups is 1. The van der Waals surface area contributed by atoms with Crippen molar-refractivity contribution in [3.63, 3.8) is 0 Å². The van der Waals surface area contributed by atoms with E-state index in [1.807, 2.05) is 13.8 Å². The maximum Gasteiger partial charge on any atom is 0.221 e. The van der Waals surface area contributed by atoms with Crippen LogP contribution in [0.2, 0.25) is 5.02 Å². The van der Waals surface area contributed by atoms with Crippen LogP contribution in [0.4, 0.5) is 5.95 Å². The second-order valence-corrected chi connectivity index (χ2v) is 4.52. The lowest BCUT2D eigenvalue weighted by atomic mass is 10.2. The topological polar surface area (TPSA) is 85.7 Å². The second-order valence-electron chi connectivity index (χ2n) is 4.11. The van der Waals surface area contributed by atoms with Crippen molar-refractivity contribution in [3.8, 4) is 11.5 Å². The number of nitrogens with two attached hydrogens (primary N) is 1. The SMILES string of the molecule is CCOc1cc(C=Nn2cc(C)nc2N)cc(Cl)c1O. The van der Waals surface area contributed by atoms with Crippen molar-refractivity contribution in [3.05, 3.63) is 34.6 Å². The fourth-order valence-corrected chi connectivity index (χ4v) is 1.88. The lowest BCUT2D eigenvalue weighted by Crippen LogP contribution is -1.98. The maximum atomic E-state index is 9.75. The molecule has 0 radical (unpaired) electrons. The smallest absolute Gasteiger partial charge is 0.221 e. The molecule has 0 amide bonds. The summed E-state index contributed by atoms with van der Waals surface area (Å²) in [4.78, 5) is 4.04. The van der Waals surface area contributed by atoms with Gasteiger partial charge in [-0.2, -0.15) is 5.10 Å². The molecule has 0 bridgehead atoms. The number of aromatic nitrogens is 2. The number of hydrogen-bond donors (Lipinski definition) is 2. The van der Waals surface area contributed by atoms with Crippen LogP contribution in [0, 0.1) is 6.92 Å². The quantitative estimate of drug-likeness (QED) is 0.848. The summed E-state index contributed by atoms with van der Waals surface area (Å²) in [5.74, 6) is 0.536.